The fraction of sp³-hybridized carbons (Fsp3) is 0.700. The van der Waals surface area contributed by atoms with Crippen LogP contribution in [0.3, 0.4) is 0 Å². The van der Waals surface area contributed by atoms with Gasteiger partial charge in [0.05, 0.1) is 11.9 Å². The summed E-state index contributed by atoms with van der Waals surface area (Å²) in [5, 5.41) is 21.9. The van der Waals surface area contributed by atoms with Gasteiger partial charge in [-0.2, -0.15) is 15.4 Å². The van der Waals surface area contributed by atoms with Gasteiger partial charge in [-0.1, -0.05) is 19.3 Å². The van der Waals surface area contributed by atoms with Crippen molar-refractivity contribution in [2.24, 2.45) is 11.8 Å². The minimum absolute atomic E-state index is 0.553. The number of nitrogens with zero attached hydrogens (tertiary/aromatic N) is 6. The zero-order chi connectivity index (χ0) is 11.5. The van der Waals surface area contributed by atoms with Crippen LogP contribution in [0.15, 0.2) is 12.5 Å². The molecule has 17 heavy (non-hydrogen) atoms. The van der Waals surface area contributed by atoms with Gasteiger partial charge in [-0.05, 0) is 28.7 Å². The molecule has 90 valence electrons. The Kier molecular flexibility index (Phi) is 2.81. The van der Waals surface area contributed by atoms with Crippen LogP contribution in [0.25, 0.3) is 0 Å². The first kappa shape index (κ1) is 10.4. The molecule has 1 aliphatic rings. The summed E-state index contributed by atoms with van der Waals surface area (Å²) in [6, 6.07) is 0. The van der Waals surface area contributed by atoms with Gasteiger partial charge in [0.25, 0.3) is 0 Å². The maximum atomic E-state index is 4.13. The summed E-state index contributed by atoms with van der Waals surface area (Å²) < 4.78 is 1.81. The molecule has 7 heteroatoms. The van der Waals surface area contributed by atoms with Crippen LogP contribution in [0.1, 0.15) is 25.0 Å². The fourth-order valence-corrected chi connectivity index (χ4v) is 2.39. The van der Waals surface area contributed by atoms with E-state index in [-0.39, 0.29) is 0 Å². The van der Waals surface area contributed by atoms with Gasteiger partial charge in [0.2, 0.25) is 0 Å². The van der Waals surface area contributed by atoms with E-state index < -0.39 is 0 Å². The summed E-state index contributed by atoms with van der Waals surface area (Å²) in [5.41, 5.74) is 1.02. The molecule has 7 nitrogen and oxygen atoms in total. The lowest BCUT2D eigenvalue weighted by Gasteiger charge is -2.33. The Bertz CT molecular complexity index is 395. The average Bonchev–Trinajstić information content (AvgIpc) is 2.87. The molecule has 2 heterocycles. The quantitative estimate of drug-likeness (QED) is 0.810. The molecule has 0 spiro atoms. The predicted molar refractivity (Wildman–Crippen MR) is 58.7 cm³/mol. The van der Waals surface area contributed by atoms with Gasteiger partial charge in [0.15, 0.2) is 0 Å². The van der Waals surface area contributed by atoms with Gasteiger partial charge >= 0.3 is 0 Å². The molecule has 0 aliphatic heterocycles. The second kappa shape index (κ2) is 4.60. The van der Waals surface area contributed by atoms with Gasteiger partial charge in [-0.3, -0.25) is 0 Å². The van der Waals surface area contributed by atoms with Crippen molar-refractivity contribution in [3.05, 3.63) is 18.2 Å². The summed E-state index contributed by atoms with van der Waals surface area (Å²) in [6.07, 6.45) is 8.38. The normalized spacial score (nSPS) is 17.9. The van der Waals surface area contributed by atoms with E-state index in [1.54, 1.807) is 12.5 Å². The van der Waals surface area contributed by atoms with Crippen molar-refractivity contribution < 1.29 is 0 Å². The lowest BCUT2D eigenvalue weighted by molar-refractivity contribution is 0.178. The van der Waals surface area contributed by atoms with Crippen LogP contribution in [-0.4, -0.2) is 35.6 Å². The van der Waals surface area contributed by atoms with Gasteiger partial charge in [0, 0.05) is 6.54 Å². The lowest BCUT2D eigenvalue weighted by atomic mass is 9.74. The SMILES string of the molecule is c1n[nH]nc1CC(Cn1cnnn1)C1CCC1. The summed E-state index contributed by atoms with van der Waals surface area (Å²) in [4.78, 5) is 0. The van der Waals surface area contributed by atoms with E-state index in [2.05, 4.69) is 30.9 Å². The Balaban J connectivity index is 1.68. The maximum Gasteiger partial charge on any atom is 0.138 e. The lowest BCUT2D eigenvalue weighted by Crippen LogP contribution is -2.28. The molecule has 0 bridgehead atoms. The number of hydrogen-bond acceptors (Lipinski definition) is 5. The fourth-order valence-electron chi connectivity index (χ4n) is 2.39. The van der Waals surface area contributed by atoms with E-state index in [1.807, 2.05) is 4.68 Å². The zero-order valence-corrected chi connectivity index (χ0v) is 9.53. The van der Waals surface area contributed by atoms with Crippen molar-refractivity contribution in [3.8, 4) is 0 Å². The van der Waals surface area contributed by atoms with E-state index in [0.29, 0.717) is 5.92 Å². The van der Waals surface area contributed by atoms with Gasteiger partial charge in [-0.15, -0.1) is 5.10 Å². The second-order valence-electron chi connectivity index (χ2n) is 4.65. The average molecular weight is 233 g/mol. The molecule has 0 radical (unpaired) electrons. The van der Waals surface area contributed by atoms with Crippen LogP contribution in [0.2, 0.25) is 0 Å². The third-order valence-corrected chi connectivity index (χ3v) is 3.57. The van der Waals surface area contributed by atoms with E-state index in [1.165, 1.54) is 19.3 Å². The van der Waals surface area contributed by atoms with Crippen LogP contribution in [0, 0.1) is 11.8 Å². The minimum atomic E-state index is 0.553. The second-order valence-corrected chi connectivity index (χ2v) is 4.65. The molecule has 1 fully saturated rings. The number of hydrogen-bond donors (Lipinski definition) is 1. The highest BCUT2D eigenvalue weighted by Crippen LogP contribution is 2.35. The Morgan fingerprint density at radius 3 is 3.00 bits per heavy atom. The molecule has 1 unspecified atom stereocenters. The van der Waals surface area contributed by atoms with E-state index in [9.17, 15) is 0 Å². The van der Waals surface area contributed by atoms with E-state index in [0.717, 1.165) is 24.6 Å². The molecule has 2 aromatic heterocycles. The largest absolute Gasteiger partial charge is 0.232 e. The van der Waals surface area contributed by atoms with Crippen molar-refractivity contribution in [3.63, 3.8) is 0 Å². The maximum absolute atomic E-state index is 4.13. The summed E-state index contributed by atoms with van der Waals surface area (Å²) in [6.45, 7) is 0.866. The Hall–Kier alpha value is -1.79. The molecule has 1 atom stereocenters. The highest BCUT2D eigenvalue weighted by atomic mass is 15.5. The zero-order valence-electron chi connectivity index (χ0n) is 9.53. The topological polar surface area (TPSA) is 85.2 Å². The molecule has 1 aliphatic carbocycles. The van der Waals surface area contributed by atoms with E-state index >= 15 is 0 Å². The number of aromatic amines is 1. The molecular formula is C10H15N7. The number of H-pyrrole nitrogens is 1. The third kappa shape index (κ3) is 2.32. The van der Waals surface area contributed by atoms with Crippen LogP contribution in [0.4, 0.5) is 0 Å². The molecular weight excluding hydrogens is 218 g/mol. The van der Waals surface area contributed by atoms with Crippen LogP contribution < -0.4 is 0 Å². The smallest absolute Gasteiger partial charge is 0.138 e. The Labute approximate surface area is 98.6 Å². The monoisotopic (exact) mass is 233 g/mol. The summed E-state index contributed by atoms with van der Waals surface area (Å²) in [7, 11) is 0. The molecule has 0 aromatic carbocycles. The highest BCUT2D eigenvalue weighted by Gasteiger charge is 2.28. The number of tetrazole rings is 1. The summed E-state index contributed by atoms with van der Waals surface area (Å²) >= 11 is 0. The number of nitrogens with one attached hydrogen (secondary N) is 1. The first-order chi connectivity index (χ1) is 8.42. The highest BCUT2D eigenvalue weighted by molar-refractivity contribution is 4.95. The molecule has 3 rings (SSSR count). The molecule has 0 saturated heterocycles. The first-order valence-corrected chi connectivity index (χ1v) is 5.97. The van der Waals surface area contributed by atoms with E-state index in [4.69, 9.17) is 0 Å². The van der Waals surface area contributed by atoms with Crippen molar-refractivity contribution in [1.29, 1.82) is 0 Å². The van der Waals surface area contributed by atoms with Gasteiger partial charge in [-0.25, -0.2) is 4.68 Å². The van der Waals surface area contributed by atoms with Gasteiger partial charge < -0.3 is 0 Å². The van der Waals surface area contributed by atoms with Crippen molar-refractivity contribution in [2.75, 3.05) is 0 Å². The van der Waals surface area contributed by atoms with Crippen molar-refractivity contribution in [1.82, 2.24) is 35.6 Å². The van der Waals surface area contributed by atoms with Crippen LogP contribution in [-0.2, 0) is 13.0 Å². The predicted octanol–water partition coefficient (Wildman–Crippen LogP) is 0.450. The Morgan fingerprint density at radius 1 is 1.47 bits per heavy atom. The number of aromatic nitrogens is 7. The molecule has 2 aromatic rings. The number of rotatable bonds is 5. The first-order valence-electron chi connectivity index (χ1n) is 5.97. The standard InChI is InChI=1S/C10H15N7/c1-2-8(3-1)9(4-10-5-11-14-13-10)6-17-7-12-15-16-17/h5,7-9H,1-4,6H2,(H,11,13,14). The van der Waals surface area contributed by atoms with Crippen molar-refractivity contribution >= 4 is 0 Å². The molecule has 1 saturated carbocycles. The van der Waals surface area contributed by atoms with Crippen LogP contribution >= 0.6 is 0 Å². The van der Waals surface area contributed by atoms with Crippen molar-refractivity contribution in [2.45, 2.75) is 32.2 Å². The molecule has 1 N–H and O–H groups in total. The van der Waals surface area contributed by atoms with Gasteiger partial charge in [0.1, 0.15) is 6.33 Å². The summed E-state index contributed by atoms with van der Waals surface area (Å²) in [5.74, 6) is 1.33. The minimum Gasteiger partial charge on any atom is -0.232 e. The van der Waals surface area contributed by atoms with Crippen LogP contribution in [0.5, 0.6) is 0 Å². The molecule has 0 amide bonds. The third-order valence-electron chi connectivity index (χ3n) is 3.57. The Morgan fingerprint density at radius 2 is 2.41 bits per heavy atom.